The first-order valence-electron chi connectivity index (χ1n) is 6.66. The van der Waals surface area contributed by atoms with E-state index in [1.54, 1.807) is 30.3 Å². The number of carbonyl (C=O) groups excluding carboxylic acids is 1. The van der Waals surface area contributed by atoms with Crippen LogP contribution in [0, 0.1) is 0 Å². The van der Waals surface area contributed by atoms with E-state index >= 15 is 0 Å². The zero-order valence-corrected chi connectivity index (χ0v) is 11.5. The molecule has 0 atom stereocenters. The van der Waals surface area contributed by atoms with Gasteiger partial charge in [0.15, 0.2) is 5.78 Å². The van der Waals surface area contributed by atoms with Gasteiger partial charge in [-0.05, 0) is 28.5 Å². The number of rotatable bonds is 4. The summed E-state index contributed by atoms with van der Waals surface area (Å²) in [5.41, 5.74) is 2.17. The minimum absolute atomic E-state index is 0.0925. The molecule has 108 valence electrons. The van der Waals surface area contributed by atoms with Gasteiger partial charge in [-0.15, -0.1) is 0 Å². The molecule has 3 aromatic rings. The molecule has 22 heavy (non-hydrogen) atoms. The molecule has 0 N–H and O–H groups in total. The van der Waals surface area contributed by atoms with Crippen molar-refractivity contribution in [3.8, 4) is 11.6 Å². The van der Waals surface area contributed by atoms with Crippen LogP contribution in [-0.4, -0.2) is 11.1 Å². The third-order valence-electron chi connectivity index (χ3n) is 3.09. The van der Waals surface area contributed by atoms with Gasteiger partial charge in [-0.25, -0.2) is 0 Å². The highest BCUT2D eigenvalue weighted by Gasteiger charge is 2.10. The molecule has 0 aliphatic heterocycles. The van der Waals surface area contributed by atoms with E-state index in [9.17, 15) is 9.90 Å². The molecule has 0 saturated carbocycles. The van der Waals surface area contributed by atoms with Crippen molar-refractivity contribution >= 4 is 11.9 Å². The Balaban J connectivity index is 1.75. The second-order valence-electron chi connectivity index (χ2n) is 4.62. The summed E-state index contributed by atoms with van der Waals surface area (Å²) >= 11 is 0. The first-order chi connectivity index (χ1) is 10.7. The van der Waals surface area contributed by atoms with Crippen LogP contribution in [0.25, 0.3) is 11.8 Å². The lowest BCUT2D eigenvalue weighted by molar-refractivity contribution is -0.670. The molecule has 0 aliphatic rings. The fourth-order valence-electron chi connectivity index (χ4n) is 1.96. The number of aromatic nitrogens is 2. The number of ketones is 1. The first kappa shape index (κ1) is 13.8. The van der Waals surface area contributed by atoms with Gasteiger partial charge < -0.3 is 9.63 Å². The number of allylic oxidation sites excluding steroid dienone is 1. The third-order valence-corrected chi connectivity index (χ3v) is 3.09. The van der Waals surface area contributed by atoms with E-state index in [4.69, 9.17) is 0 Å². The Morgan fingerprint density at radius 2 is 1.82 bits per heavy atom. The van der Waals surface area contributed by atoms with Crippen molar-refractivity contribution in [1.82, 2.24) is 5.27 Å². The molecule has 0 saturated heterocycles. The highest BCUT2D eigenvalue weighted by molar-refractivity contribution is 6.06. The third kappa shape index (κ3) is 3.09. The minimum Gasteiger partial charge on any atom is -0.539 e. The van der Waals surface area contributed by atoms with Gasteiger partial charge in [0, 0.05) is 17.7 Å². The molecule has 0 fully saturated rings. The lowest BCUT2D eigenvalue weighted by Crippen LogP contribution is -2.31. The molecule has 1 heterocycles. The SMILES string of the molecule is O=C(/C=C/c1ccccc1)c1ccc(-[n+]2cc([O-])on2)cc1. The summed E-state index contributed by atoms with van der Waals surface area (Å²) in [6, 6.07) is 16.4. The van der Waals surface area contributed by atoms with E-state index in [0.717, 1.165) is 5.56 Å². The Hall–Kier alpha value is -3.21. The van der Waals surface area contributed by atoms with Crippen LogP contribution in [0.4, 0.5) is 0 Å². The summed E-state index contributed by atoms with van der Waals surface area (Å²) in [6.07, 6.45) is 4.53. The second-order valence-corrected chi connectivity index (χ2v) is 4.62. The fraction of sp³-hybridized carbons (Fsp3) is 0. The van der Waals surface area contributed by atoms with E-state index in [0.29, 0.717) is 11.3 Å². The van der Waals surface area contributed by atoms with Gasteiger partial charge in [-0.3, -0.25) is 4.79 Å². The number of carbonyl (C=O) groups is 1. The summed E-state index contributed by atoms with van der Waals surface area (Å²) in [6.45, 7) is 0. The van der Waals surface area contributed by atoms with Crippen LogP contribution in [0.2, 0.25) is 0 Å². The maximum absolute atomic E-state index is 12.1. The standard InChI is InChI=1S/C17H12N2O3/c20-16(11-6-13-4-2-1-3-5-13)14-7-9-15(10-8-14)19-12-17(21)22-18-19/h1-12H/b11-6+. The maximum atomic E-state index is 12.1. The van der Waals surface area contributed by atoms with Gasteiger partial charge in [0.2, 0.25) is 11.9 Å². The van der Waals surface area contributed by atoms with Gasteiger partial charge in [0.25, 0.3) is 0 Å². The highest BCUT2D eigenvalue weighted by Crippen LogP contribution is 2.08. The van der Waals surface area contributed by atoms with E-state index < -0.39 is 5.95 Å². The lowest BCUT2D eigenvalue weighted by atomic mass is 10.1. The zero-order valence-electron chi connectivity index (χ0n) is 11.5. The molecule has 5 nitrogen and oxygen atoms in total. The second kappa shape index (κ2) is 6.05. The van der Waals surface area contributed by atoms with Crippen molar-refractivity contribution in [1.29, 1.82) is 0 Å². The molecular weight excluding hydrogens is 280 g/mol. The molecule has 0 radical (unpaired) electrons. The minimum atomic E-state index is -0.522. The van der Waals surface area contributed by atoms with Gasteiger partial charge in [-0.2, -0.15) is 0 Å². The smallest absolute Gasteiger partial charge is 0.239 e. The van der Waals surface area contributed by atoms with E-state index in [2.05, 4.69) is 9.79 Å². The molecule has 0 unspecified atom stereocenters. The van der Waals surface area contributed by atoms with Gasteiger partial charge in [0.05, 0.1) is 5.27 Å². The quantitative estimate of drug-likeness (QED) is 0.418. The van der Waals surface area contributed by atoms with Crippen molar-refractivity contribution < 1.29 is 19.1 Å². The summed E-state index contributed by atoms with van der Waals surface area (Å²) in [5, 5.41) is 14.5. The van der Waals surface area contributed by atoms with Crippen molar-refractivity contribution in [2.75, 3.05) is 0 Å². The Morgan fingerprint density at radius 3 is 2.45 bits per heavy atom. The highest BCUT2D eigenvalue weighted by atomic mass is 16.6. The molecule has 1 aromatic heterocycles. The van der Waals surface area contributed by atoms with Crippen LogP contribution in [0.15, 0.2) is 71.4 Å². The molecule has 5 heteroatoms. The molecule has 0 amide bonds. The Morgan fingerprint density at radius 1 is 1.09 bits per heavy atom. The number of benzene rings is 2. The molecule has 0 spiro atoms. The van der Waals surface area contributed by atoms with Crippen LogP contribution < -0.4 is 9.79 Å². The van der Waals surface area contributed by atoms with Crippen LogP contribution in [-0.2, 0) is 0 Å². The normalized spacial score (nSPS) is 10.9. The van der Waals surface area contributed by atoms with Gasteiger partial charge >= 0.3 is 0 Å². The largest absolute Gasteiger partial charge is 0.539 e. The Kier molecular flexibility index (Phi) is 3.78. The molecule has 0 bridgehead atoms. The monoisotopic (exact) mass is 292 g/mol. The topological polar surface area (TPSA) is 70.0 Å². The van der Waals surface area contributed by atoms with Crippen molar-refractivity contribution in [2.45, 2.75) is 0 Å². The number of nitrogens with zero attached hydrogens (tertiary/aromatic N) is 2. The number of hydrogen-bond acceptors (Lipinski definition) is 4. The van der Waals surface area contributed by atoms with E-state index in [1.807, 2.05) is 30.3 Å². The van der Waals surface area contributed by atoms with Crippen LogP contribution in [0.5, 0.6) is 5.95 Å². The maximum Gasteiger partial charge on any atom is 0.239 e. The van der Waals surface area contributed by atoms with Crippen molar-refractivity contribution in [3.63, 3.8) is 0 Å². The van der Waals surface area contributed by atoms with E-state index in [1.165, 1.54) is 17.0 Å². The predicted octanol–water partition coefficient (Wildman–Crippen LogP) is 1.92. The molecular formula is C17H12N2O3. The van der Waals surface area contributed by atoms with Gasteiger partial charge in [0.1, 0.15) is 5.95 Å². The average molecular weight is 292 g/mol. The summed E-state index contributed by atoms with van der Waals surface area (Å²) < 4.78 is 5.78. The summed E-state index contributed by atoms with van der Waals surface area (Å²) in [4.78, 5) is 12.1. The van der Waals surface area contributed by atoms with Crippen LogP contribution >= 0.6 is 0 Å². The fourth-order valence-corrected chi connectivity index (χ4v) is 1.96. The summed E-state index contributed by atoms with van der Waals surface area (Å²) in [7, 11) is 0. The van der Waals surface area contributed by atoms with Crippen molar-refractivity contribution in [3.05, 3.63) is 78.0 Å². The van der Waals surface area contributed by atoms with Crippen LogP contribution in [0.1, 0.15) is 15.9 Å². The predicted molar refractivity (Wildman–Crippen MR) is 77.3 cm³/mol. The Bertz CT molecular complexity index is 805. The Labute approximate surface area is 126 Å². The molecule has 2 aromatic carbocycles. The molecule has 3 rings (SSSR count). The summed E-state index contributed by atoms with van der Waals surface area (Å²) in [5.74, 6) is -0.615. The van der Waals surface area contributed by atoms with Crippen LogP contribution in [0.3, 0.4) is 0 Å². The van der Waals surface area contributed by atoms with Gasteiger partial charge in [-0.1, -0.05) is 36.4 Å². The number of hydrogen-bond donors (Lipinski definition) is 0. The average Bonchev–Trinajstić information content (AvgIpc) is 3.00. The van der Waals surface area contributed by atoms with Crippen molar-refractivity contribution in [2.24, 2.45) is 0 Å². The van der Waals surface area contributed by atoms with E-state index in [-0.39, 0.29) is 5.78 Å². The lowest BCUT2D eigenvalue weighted by Gasteiger charge is -1.96. The zero-order chi connectivity index (χ0) is 15.4. The molecule has 0 aliphatic carbocycles. The first-order valence-corrected chi connectivity index (χ1v) is 6.66.